The van der Waals surface area contributed by atoms with E-state index in [0.29, 0.717) is 5.69 Å². The topological polar surface area (TPSA) is 52.7 Å². The van der Waals surface area contributed by atoms with Crippen molar-refractivity contribution in [2.75, 3.05) is 23.0 Å². The molecule has 0 aliphatic carbocycles. The monoisotopic (exact) mass is 361 g/mol. The molecule has 2 aromatic carbocycles. The average Bonchev–Trinajstić information content (AvgIpc) is 2.99. The minimum atomic E-state index is -0.372. The van der Waals surface area contributed by atoms with Crippen molar-refractivity contribution in [2.24, 2.45) is 0 Å². The van der Waals surface area contributed by atoms with E-state index in [1.807, 2.05) is 31.2 Å². The molecule has 0 spiro atoms. The first kappa shape index (κ1) is 17.3. The van der Waals surface area contributed by atoms with E-state index in [2.05, 4.69) is 22.5 Å². The second-order valence-corrected chi connectivity index (χ2v) is 7.06. The lowest BCUT2D eigenvalue weighted by molar-refractivity contribution is -0.117. The number of para-hydroxylation sites is 1. The molecule has 2 aromatic rings. The van der Waals surface area contributed by atoms with Crippen molar-refractivity contribution in [1.29, 1.82) is 0 Å². The van der Waals surface area contributed by atoms with Gasteiger partial charge in [0.15, 0.2) is 0 Å². The van der Waals surface area contributed by atoms with Gasteiger partial charge < -0.3 is 4.90 Å². The number of hydrazine groups is 1. The van der Waals surface area contributed by atoms with Crippen molar-refractivity contribution in [3.63, 3.8) is 0 Å². The van der Waals surface area contributed by atoms with E-state index in [0.717, 1.165) is 24.2 Å². The van der Waals surface area contributed by atoms with Gasteiger partial charge in [-0.3, -0.25) is 15.0 Å². The summed E-state index contributed by atoms with van der Waals surface area (Å²) >= 11 is 0. The fraction of sp³-hybridized carbons (Fsp3) is 0.273. The van der Waals surface area contributed by atoms with Crippen molar-refractivity contribution >= 4 is 29.3 Å². The molecular formula is C22H23N3O2. The summed E-state index contributed by atoms with van der Waals surface area (Å²) in [7, 11) is 0. The fourth-order valence-corrected chi connectivity index (χ4v) is 3.64. The Morgan fingerprint density at radius 1 is 0.926 bits per heavy atom. The van der Waals surface area contributed by atoms with Crippen molar-refractivity contribution in [1.82, 2.24) is 5.43 Å². The molecule has 0 radical (unpaired) electrons. The molecule has 138 valence electrons. The van der Waals surface area contributed by atoms with E-state index in [1.165, 1.54) is 30.0 Å². The molecule has 2 heterocycles. The van der Waals surface area contributed by atoms with E-state index >= 15 is 0 Å². The first-order valence-corrected chi connectivity index (χ1v) is 9.41. The van der Waals surface area contributed by atoms with Gasteiger partial charge in [-0.05, 0) is 67.7 Å². The lowest BCUT2D eigenvalue weighted by Crippen LogP contribution is -2.35. The van der Waals surface area contributed by atoms with Crippen LogP contribution in [0.15, 0.2) is 54.1 Å². The average molecular weight is 361 g/mol. The van der Waals surface area contributed by atoms with Crippen molar-refractivity contribution in [2.45, 2.75) is 26.2 Å². The van der Waals surface area contributed by atoms with Gasteiger partial charge in [-0.2, -0.15) is 0 Å². The summed E-state index contributed by atoms with van der Waals surface area (Å²) in [6, 6.07) is 15.3. The maximum Gasteiger partial charge on any atom is 0.282 e. The minimum Gasteiger partial charge on any atom is -0.372 e. The van der Waals surface area contributed by atoms with Crippen LogP contribution in [-0.4, -0.2) is 24.9 Å². The molecular weight excluding hydrogens is 338 g/mol. The zero-order valence-electron chi connectivity index (χ0n) is 15.4. The third-order valence-corrected chi connectivity index (χ3v) is 5.18. The van der Waals surface area contributed by atoms with Gasteiger partial charge in [0.05, 0.1) is 5.69 Å². The van der Waals surface area contributed by atoms with E-state index in [9.17, 15) is 9.59 Å². The Labute approximate surface area is 159 Å². The zero-order valence-corrected chi connectivity index (χ0v) is 15.4. The maximum atomic E-state index is 12.7. The van der Waals surface area contributed by atoms with Crippen molar-refractivity contribution in [3.05, 3.63) is 65.2 Å². The summed E-state index contributed by atoms with van der Waals surface area (Å²) in [5.41, 5.74) is 6.61. The van der Waals surface area contributed by atoms with Gasteiger partial charge >= 0.3 is 0 Å². The molecule has 0 aromatic heterocycles. The fourth-order valence-electron chi connectivity index (χ4n) is 3.64. The number of amides is 2. The second kappa shape index (κ2) is 7.27. The Hall–Kier alpha value is -3.08. The molecule has 5 heteroatoms. The molecule has 2 amide bonds. The molecule has 2 aliphatic heterocycles. The van der Waals surface area contributed by atoms with Gasteiger partial charge in [-0.1, -0.05) is 24.3 Å². The highest BCUT2D eigenvalue weighted by Crippen LogP contribution is 2.26. The highest BCUT2D eigenvalue weighted by atomic mass is 16.2. The van der Waals surface area contributed by atoms with Crippen LogP contribution in [0.4, 0.5) is 11.4 Å². The first-order valence-electron chi connectivity index (χ1n) is 9.41. The lowest BCUT2D eigenvalue weighted by atomic mass is 10.0. The predicted octanol–water partition coefficient (Wildman–Crippen LogP) is 3.45. The Kier molecular flexibility index (Phi) is 4.67. The van der Waals surface area contributed by atoms with Crippen LogP contribution in [0, 0.1) is 6.92 Å². The van der Waals surface area contributed by atoms with Crippen LogP contribution >= 0.6 is 0 Å². The molecule has 0 saturated carbocycles. The molecule has 2 fully saturated rings. The summed E-state index contributed by atoms with van der Waals surface area (Å²) in [5, 5.41) is 1.30. The number of benzene rings is 2. The zero-order chi connectivity index (χ0) is 18.8. The summed E-state index contributed by atoms with van der Waals surface area (Å²) in [4.78, 5) is 27.5. The Balaban J connectivity index is 1.59. The molecule has 0 unspecified atom stereocenters. The highest BCUT2D eigenvalue weighted by molar-refractivity contribution is 6.31. The van der Waals surface area contributed by atoms with Gasteiger partial charge in [0.25, 0.3) is 11.8 Å². The van der Waals surface area contributed by atoms with Gasteiger partial charge in [0, 0.05) is 18.8 Å². The third kappa shape index (κ3) is 3.45. The lowest BCUT2D eigenvalue weighted by Gasteiger charge is -2.29. The summed E-state index contributed by atoms with van der Waals surface area (Å²) in [6.45, 7) is 4.20. The van der Waals surface area contributed by atoms with Crippen LogP contribution in [0.25, 0.3) is 6.08 Å². The van der Waals surface area contributed by atoms with Crippen LogP contribution in [0.2, 0.25) is 0 Å². The van der Waals surface area contributed by atoms with E-state index in [1.54, 1.807) is 18.2 Å². The third-order valence-electron chi connectivity index (χ3n) is 5.18. The van der Waals surface area contributed by atoms with Gasteiger partial charge in [-0.25, -0.2) is 5.01 Å². The van der Waals surface area contributed by atoms with Crippen LogP contribution < -0.4 is 15.3 Å². The van der Waals surface area contributed by atoms with Gasteiger partial charge in [-0.15, -0.1) is 0 Å². The van der Waals surface area contributed by atoms with Gasteiger partial charge in [0.1, 0.15) is 5.57 Å². The number of piperidine rings is 1. The molecule has 0 atom stereocenters. The molecule has 27 heavy (non-hydrogen) atoms. The quantitative estimate of drug-likeness (QED) is 0.673. The molecule has 0 bridgehead atoms. The van der Waals surface area contributed by atoms with E-state index < -0.39 is 0 Å². The van der Waals surface area contributed by atoms with Gasteiger partial charge in [0.2, 0.25) is 0 Å². The number of anilines is 2. The largest absolute Gasteiger partial charge is 0.372 e. The summed E-state index contributed by atoms with van der Waals surface area (Å²) in [5.74, 6) is -0.700. The van der Waals surface area contributed by atoms with Crippen LogP contribution in [-0.2, 0) is 9.59 Å². The summed E-state index contributed by atoms with van der Waals surface area (Å²) < 4.78 is 0. The highest BCUT2D eigenvalue weighted by Gasteiger charge is 2.34. The Morgan fingerprint density at radius 3 is 2.37 bits per heavy atom. The van der Waals surface area contributed by atoms with E-state index in [-0.39, 0.29) is 17.4 Å². The SMILES string of the molecule is Cc1cc(N2CCCCC2)ccc1C=C1C(=O)NN(c2ccccc2)C1=O. The number of hydrogen-bond acceptors (Lipinski definition) is 3. The van der Waals surface area contributed by atoms with Crippen LogP contribution in [0.1, 0.15) is 30.4 Å². The van der Waals surface area contributed by atoms with E-state index in [4.69, 9.17) is 0 Å². The smallest absolute Gasteiger partial charge is 0.282 e. The van der Waals surface area contributed by atoms with Crippen LogP contribution in [0.3, 0.4) is 0 Å². The Morgan fingerprint density at radius 2 is 1.67 bits per heavy atom. The second-order valence-electron chi connectivity index (χ2n) is 7.06. The number of aryl methyl sites for hydroxylation is 1. The number of carbonyl (C=O) groups is 2. The molecule has 4 rings (SSSR count). The predicted molar refractivity (Wildman–Crippen MR) is 107 cm³/mol. The molecule has 2 aliphatic rings. The molecule has 1 N–H and O–H groups in total. The number of rotatable bonds is 3. The number of nitrogens with one attached hydrogen (secondary N) is 1. The standard InChI is InChI=1S/C22H23N3O2/c1-16-14-19(24-12-6-3-7-13-24)11-10-17(16)15-20-21(26)23-25(22(20)27)18-8-4-2-5-9-18/h2,4-5,8-11,14-15H,3,6-7,12-13H2,1H3,(H,23,26). The minimum absolute atomic E-state index is 0.160. The maximum absolute atomic E-state index is 12.7. The van der Waals surface area contributed by atoms with Crippen LogP contribution in [0.5, 0.6) is 0 Å². The number of hydrogen-bond donors (Lipinski definition) is 1. The first-order chi connectivity index (χ1) is 13.1. The van der Waals surface area contributed by atoms with Crippen molar-refractivity contribution < 1.29 is 9.59 Å². The normalized spacial score (nSPS) is 18.9. The Bertz CT molecular complexity index is 899. The molecule has 2 saturated heterocycles. The number of carbonyl (C=O) groups excluding carboxylic acids is 2. The molecule has 5 nitrogen and oxygen atoms in total. The number of nitrogens with zero attached hydrogens (tertiary/aromatic N) is 2. The summed E-state index contributed by atoms with van der Waals surface area (Å²) in [6.07, 6.45) is 5.45. The van der Waals surface area contributed by atoms with Crippen molar-refractivity contribution in [3.8, 4) is 0 Å².